The topological polar surface area (TPSA) is 55.1 Å². The number of nitrogens with one attached hydrogen (secondary N) is 1. The van der Waals surface area contributed by atoms with Gasteiger partial charge in [0.1, 0.15) is 5.52 Å². The van der Waals surface area contributed by atoms with Gasteiger partial charge in [0.2, 0.25) is 5.89 Å². The zero-order valence-corrected chi connectivity index (χ0v) is 13.8. The number of carbonyl (C=O) groups is 1. The minimum absolute atomic E-state index is 0.267. The predicted molar refractivity (Wildman–Crippen MR) is 98.9 cm³/mol. The van der Waals surface area contributed by atoms with Gasteiger partial charge in [-0.1, -0.05) is 41.9 Å². The Labute approximate surface area is 149 Å². The maximum absolute atomic E-state index is 12.4. The molecule has 25 heavy (non-hydrogen) atoms. The summed E-state index contributed by atoms with van der Waals surface area (Å²) in [6.07, 6.45) is 0. The first kappa shape index (κ1) is 15.4. The molecule has 0 fully saturated rings. The van der Waals surface area contributed by atoms with Crippen LogP contribution in [-0.4, -0.2) is 10.9 Å². The number of halogens is 1. The van der Waals surface area contributed by atoms with E-state index in [4.69, 9.17) is 16.0 Å². The lowest BCUT2D eigenvalue weighted by molar-refractivity contribution is 0.102. The van der Waals surface area contributed by atoms with Crippen molar-refractivity contribution in [3.8, 4) is 11.5 Å². The average Bonchev–Trinajstić information content (AvgIpc) is 3.06. The molecule has 4 nitrogen and oxygen atoms in total. The predicted octanol–water partition coefficient (Wildman–Crippen LogP) is 5.40. The smallest absolute Gasteiger partial charge is 0.257 e. The van der Waals surface area contributed by atoms with E-state index in [0.29, 0.717) is 33.3 Å². The number of amides is 1. The molecule has 0 saturated carbocycles. The summed E-state index contributed by atoms with van der Waals surface area (Å²) >= 11 is 6.06. The zero-order chi connectivity index (χ0) is 17.2. The second-order valence-corrected chi connectivity index (χ2v) is 5.91. The van der Waals surface area contributed by atoms with Crippen LogP contribution in [0.2, 0.25) is 5.02 Å². The molecule has 0 saturated heterocycles. The molecule has 0 aliphatic rings. The molecule has 122 valence electrons. The van der Waals surface area contributed by atoms with Gasteiger partial charge in [0.05, 0.1) is 10.6 Å². The van der Waals surface area contributed by atoms with Crippen LogP contribution in [0.5, 0.6) is 0 Å². The van der Waals surface area contributed by atoms with Gasteiger partial charge in [0.15, 0.2) is 5.58 Å². The Morgan fingerprint density at radius 3 is 2.52 bits per heavy atom. The van der Waals surface area contributed by atoms with Crippen molar-refractivity contribution < 1.29 is 9.21 Å². The third-order valence-electron chi connectivity index (χ3n) is 3.78. The number of oxazole rings is 1. The van der Waals surface area contributed by atoms with E-state index in [1.54, 1.807) is 42.5 Å². The number of anilines is 1. The third kappa shape index (κ3) is 3.12. The summed E-state index contributed by atoms with van der Waals surface area (Å²) in [5, 5.41) is 3.25. The van der Waals surface area contributed by atoms with Crippen molar-refractivity contribution in [1.82, 2.24) is 4.98 Å². The maximum atomic E-state index is 12.4. The monoisotopic (exact) mass is 348 g/mol. The van der Waals surface area contributed by atoms with Crippen LogP contribution in [0, 0.1) is 0 Å². The first-order valence-electron chi connectivity index (χ1n) is 7.72. The highest BCUT2D eigenvalue weighted by Crippen LogP contribution is 2.26. The van der Waals surface area contributed by atoms with Gasteiger partial charge in [0, 0.05) is 11.3 Å². The Morgan fingerprint density at radius 2 is 1.72 bits per heavy atom. The van der Waals surface area contributed by atoms with Crippen LogP contribution in [0.25, 0.3) is 22.6 Å². The number of carbonyl (C=O) groups excluding carboxylic acids is 1. The maximum Gasteiger partial charge on any atom is 0.257 e. The molecule has 0 bridgehead atoms. The number of hydrogen-bond acceptors (Lipinski definition) is 3. The van der Waals surface area contributed by atoms with Gasteiger partial charge in [-0.3, -0.25) is 4.79 Å². The van der Waals surface area contributed by atoms with Crippen molar-refractivity contribution in [1.29, 1.82) is 0 Å². The van der Waals surface area contributed by atoms with E-state index in [-0.39, 0.29) is 5.91 Å². The fourth-order valence-electron chi connectivity index (χ4n) is 2.55. The SMILES string of the molecule is O=C(Nc1ccc2oc(-c3ccccc3)nc2c1)c1ccccc1Cl. The van der Waals surface area contributed by atoms with Crippen molar-refractivity contribution in [2.24, 2.45) is 0 Å². The van der Waals surface area contributed by atoms with Gasteiger partial charge < -0.3 is 9.73 Å². The number of fused-ring (bicyclic) bond motifs is 1. The molecule has 4 aromatic rings. The molecule has 0 aliphatic carbocycles. The first-order valence-corrected chi connectivity index (χ1v) is 8.10. The van der Waals surface area contributed by atoms with Crippen LogP contribution in [0.15, 0.2) is 77.2 Å². The summed E-state index contributed by atoms with van der Waals surface area (Å²) in [4.78, 5) is 16.9. The van der Waals surface area contributed by atoms with E-state index < -0.39 is 0 Å². The molecule has 1 heterocycles. The van der Waals surface area contributed by atoms with Crippen LogP contribution in [0.1, 0.15) is 10.4 Å². The molecule has 5 heteroatoms. The van der Waals surface area contributed by atoms with E-state index in [0.717, 1.165) is 5.56 Å². The van der Waals surface area contributed by atoms with E-state index in [1.165, 1.54) is 0 Å². The first-order chi connectivity index (χ1) is 12.2. The molecule has 1 amide bonds. The molecule has 0 radical (unpaired) electrons. The number of hydrogen-bond donors (Lipinski definition) is 1. The van der Waals surface area contributed by atoms with Crippen molar-refractivity contribution in [3.63, 3.8) is 0 Å². The molecular formula is C20H13ClN2O2. The van der Waals surface area contributed by atoms with Crippen LogP contribution < -0.4 is 5.32 Å². The summed E-state index contributed by atoms with van der Waals surface area (Å²) in [6, 6.07) is 21.9. The highest BCUT2D eigenvalue weighted by molar-refractivity contribution is 6.34. The summed E-state index contributed by atoms with van der Waals surface area (Å²) in [5.41, 5.74) is 3.30. The molecule has 3 aromatic carbocycles. The van der Waals surface area contributed by atoms with Crippen molar-refractivity contribution in [2.45, 2.75) is 0 Å². The van der Waals surface area contributed by atoms with Gasteiger partial charge in [-0.2, -0.15) is 0 Å². The zero-order valence-electron chi connectivity index (χ0n) is 13.1. The van der Waals surface area contributed by atoms with Gasteiger partial charge in [-0.25, -0.2) is 4.98 Å². The quantitative estimate of drug-likeness (QED) is 0.539. The number of nitrogens with zero attached hydrogens (tertiary/aromatic N) is 1. The summed E-state index contributed by atoms with van der Waals surface area (Å²) in [6.45, 7) is 0. The van der Waals surface area contributed by atoms with Crippen LogP contribution >= 0.6 is 11.6 Å². The van der Waals surface area contributed by atoms with Crippen molar-refractivity contribution in [2.75, 3.05) is 5.32 Å². The highest BCUT2D eigenvalue weighted by atomic mass is 35.5. The average molecular weight is 349 g/mol. The Bertz CT molecular complexity index is 1060. The summed E-state index contributed by atoms with van der Waals surface area (Å²) in [5.74, 6) is 0.280. The fraction of sp³-hybridized carbons (Fsp3) is 0. The fourth-order valence-corrected chi connectivity index (χ4v) is 2.77. The summed E-state index contributed by atoms with van der Waals surface area (Å²) < 4.78 is 5.77. The molecular weight excluding hydrogens is 336 g/mol. The van der Waals surface area contributed by atoms with Gasteiger partial charge in [-0.05, 0) is 42.5 Å². The molecule has 1 aromatic heterocycles. The standard InChI is InChI=1S/C20H13ClN2O2/c21-16-9-5-4-8-15(16)19(24)22-14-10-11-18-17(12-14)23-20(25-18)13-6-2-1-3-7-13/h1-12H,(H,22,24). The van der Waals surface area contributed by atoms with E-state index in [1.807, 2.05) is 30.3 Å². The largest absolute Gasteiger partial charge is 0.436 e. The number of benzene rings is 3. The second-order valence-electron chi connectivity index (χ2n) is 5.50. The van der Waals surface area contributed by atoms with Crippen LogP contribution in [0.3, 0.4) is 0 Å². The molecule has 1 N–H and O–H groups in total. The number of rotatable bonds is 3. The molecule has 0 atom stereocenters. The van der Waals surface area contributed by atoms with Crippen LogP contribution in [-0.2, 0) is 0 Å². The van der Waals surface area contributed by atoms with Crippen LogP contribution in [0.4, 0.5) is 5.69 Å². The van der Waals surface area contributed by atoms with Crippen molar-refractivity contribution >= 4 is 34.3 Å². The molecule has 4 rings (SSSR count). The lowest BCUT2D eigenvalue weighted by Crippen LogP contribution is -2.12. The van der Waals surface area contributed by atoms with E-state index in [2.05, 4.69) is 10.3 Å². The van der Waals surface area contributed by atoms with Gasteiger partial charge in [-0.15, -0.1) is 0 Å². The third-order valence-corrected chi connectivity index (χ3v) is 4.11. The molecule has 0 aliphatic heterocycles. The minimum Gasteiger partial charge on any atom is -0.436 e. The normalized spacial score (nSPS) is 10.8. The highest BCUT2D eigenvalue weighted by Gasteiger charge is 2.12. The van der Waals surface area contributed by atoms with Gasteiger partial charge >= 0.3 is 0 Å². The summed E-state index contributed by atoms with van der Waals surface area (Å²) in [7, 11) is 0. The molecule has 0 spiro atoms. The van der Waals surface area contributed by atoms with E-state index >= 15 is 0 Å². The van der Waals surface area contributed by atoms with Crippen molar-refractivity contribution in [3.05, 3.63) is 83.4 Å². The second kappa shape index (κ2) is 6.42. The Kier molecular flexibility index (Phi) is 3.96. The Balaban J connectivity index is 1.63. The molecule has 0 unspecified atom stereocenters. The Hall–Kier alpha value is -3.11. The lowest BCUT2D eigenvalue weighted by Gasteiger charge is -2.06. The Morgan fingerprint density at radius 1 is 0.960 bits per heavy atom. The van der Waals surface area contributed by atoms with Gasteiger partial charge in [0.25, 0.3) is 5.91 Å². The lowest BCUT2D eigenvalue weighted by atomic mass is 10.2. The number of aromatic nitrogens is 1. The minimum atomic E-state index is -0.267. The van der Waals surface area contributed by atoms with E-state index in [9.17, 15) is 4.79 Å².